The molecule has 0 rings (SSSR count). The zero-order valence-electron chi connectivity index (χ0n) is 43.0. The van der Waals surface area contributed by atoms with E-state index in [1.807, 2.05) is 27.2 Å². The minimum absolute atomic E-state index is 0.00673. The molecule has 3 atom stereocenters. The number of phosphoric acid groups is 1. The summed E-state index contributed by atoms with van der Waals surface area (Å²) in [6.45, 7) is 4.65. The topological polar surface area (TPSA) is 108 Å². The van der Waals surface area contributed by atoms with Crippen LogP contribution in [0.4, 0.5) is 0 Å². The average molecular weight is 923 g/mol. The van der Waals surface area contributed by atoms with Crippen LogP contribution in [0.5, 0.6) is 0 Å². The zero-order valence-corrected chi connectivity index (χ0v) is 43.9. The monoisotopic (exact) mass is 923 g/mol. The Morgan fingerprint density at radius 2 is 0.875 bits per heavy atom. The van der Waals surface area contributed by atoms with Gasteiger partial charge in [0.1, 0.15) is 13.2 Å². The quantitative estimate of drug-likeness (QED) is 0.0272. The number of aliphatic hydroxyl groups excluding tert-OH is 1. The Morgan fingerprint density at radius 3 is 1.27 bits per heavy atom. The van der Waals surface area contributed by atoms with Crippen LogP contribution in [0.1, 0.15) is 258 Å². The number of carbonyl (C=O) groups is 1. The zero-order chi connectivity index (χ0) is 47.1. The highest BCUT2D eigenvalue weighted by Gasteiger charge is 2.23. The Labute approximate surface area is 397 Å². The van der Waals surface area contributed by atoms with Gasteiger partial charge in [-0.3, -0.25) is 9.36 Å². The first-order valence-electron chi connectivity index (χ1n) is 27.4. The molecule has 0 radical (unpaired) electrons. The van der Waals surface area contributed by atoms with E-state index in [0.717, 1.165) is 38.5 Å². The lowest BCUT2D eigenvalue weighted by molar-refractivity contribution is -0.870. The summed E-state index contributed by atoms with van der Waals surface area (Å²) in [7, 11) is 1.25. The van der Waals surface area contributed by atoms with E-state index < -0.39 is 26.6 Å². The molecule has 1 amide bonds. The third-order valence-electron chi connectivity index (χ3n) is 12.3. The second kappa shape index (κ2) is 46.8. The van der Waals surface area contributed by atoms with Gasteiger partial charge in [-0.15, -0.1) is 0 Å². The molecular weight excluding hydrogens is 816 g/mol. The lowest BCUT2D eigenvalue weighted by atomic mass is 10.0. The van der Waals surface area contributed by atoms with E-state index in [-0.39, 0.29) is 12.5 Å². The van der Waals surface area contributed by atoms with Crippen LogP contribution in [0.25, 0.3) is 0 Å². The molecule has 0 aromatic carbocycles. The number of phosphoric ester groups is 1. The van der Waals surface area contributed by atoms with Gasteiger partial charge in [-0.25, -0.2) is 0 Å². The van der Waals surface area contributed by atoms with Gasteiger partial charge < -0.3 is 28.8 Å². The molecule has 0 aromatic heterocycles. The molecule has 2 N–H and O–H groups in total. The van der Waals surface area contributed by atoms with E-state index in [9.17, 15) is 19.4 Å². The van der Waals surface area contributed by atoms with Crippen LogP contribution < -0.4 is 10.2 Å². The van der Waals surface area contributed by atoms with Gasteiger partial charge in [-0.2, -0.15) is 0 Å². The Balaban J connectivity index is 4.29. The first-order chi connectivity index (χ1) is 31.0. The highest BCUT2D eigenvalue weighted by Crippen LogP contribution is 2.38. The molecule has 0 fully saturated rings. The summed E-state index contributed by atoms with van der Waals surface area (Å²) in [4.78, 5) is 25.4. The van der Waals surface area contributed by atoms with Crippen LogP contribution in [0.15, 0.2) is 36.5 Å². The highest BCUT2D eigenvalue weighted by molar-refractivity contribution is 7.45. The molecule has 0 saturated heterocycles. The first kappa shape index (κ1) is 62.7. The minimum Gasteiger partial charge on any atom is -0.756 e. The van der Waals surface area contributed by atoms with Crippen molar-refractivity contribution in [2.45, 2.75) is 270 Å². The van der Waals surface area contributed by atoms with Gasteiger partial charge in [0, 0.05) is 6.42 Å². The van der Waals surface area contributed by atoms with E-state index in [1.54, 1.807) is 6.08 Å². The number of nitrogens with zero attached hydrogens (tertiary/aromatic N) is 1. The van der Waals surface area contributed by atoms with Crippen molar-refractivity contribution in [2.24, 2.45) is 0 Å². The third-order valence-corrected chi connectivity index (χ3v) is 13.3. The van der Waals surface area contributed by atoms with E-state index in [0.29, 0.717) is 17.4 Å². The summed E-state index contributed by atoms with van der Waals surface area (Å²) >= 11 is 0. The van der Waals surface area contributed by atoms with E-state index in [2.05, 4.69) is 43.5 Å². The van der Waals surface area contributed by atoms with E-state index >= 15 is 0 Å². The standard InChI is InChI=1S/C55H107N2O6P/c1-6-8-10-12-14-16-18-20-22-24-26-27-28-29-31-33-35-37-39-41-43-45-47-49-55(59)56-53(52-63-64(60,61)62-51-50-57(3,4)5)54(58)48-46-44-42-40-38-36-34-32-30-25-23-21-19-17-15-13-11-9-7-2/h29,31,38,40,46,48,53-54,58H,6-28,30,32-37,39,41-45,47,49-52H2,1-5H3,(H-,56,59,60,61)/b31-29-,40-38+,48-46+. The van der Waals surface area contributed by atoms with Crippen molar-refractivity contribution in [3.63, 3.8) is 0 Å². The predicted octanol–water partition coefficient (Wildman–Crippen LogP) is 15.6. The number of aliphatic hydroxyl groups is 1. The van der Waals surface area contributed by atoms with Crippen molar-refractivity contribution < 1.29 is 32.9 Å². The molecule has 0 aliphatic heterocycles. The van der Waals surface area contributed by atoms with Gasteiger partial charge in [0.25, 0.3) is 7.82 Å². The number of unbranched alkanes of at least 4 members (excludes halogenated alkanes) is 33. The van der Waals surface area contributed by atoms with Crippen LogP contribution >= 0.6 is 7.82 Å². The third kappa shape index (κ3) is 48.6. The molecule has 8 nitrogen and oxygen atoms in total. The molecular formula is C55H107N2O6P. The first-order valence-corrected chi connectivity index (χ1v) is 28.8. The van der Waals surface area contributed by atoms with Gasteiger partial charge in [0.15, 0.2) is 0 Å². The number of rotatable bonds is 50. The maximum atomic E-state index is 12.9. The Bertz CT molecular complexity index is 1140. The molecule has 64 heavy (non-hydrogen) atoms. The second-order valence-corrected chi connectivity index (χ2v) is 21.3. The molecule has 3 unspecified atom stereocenters. The number of amides is 1. The fraction of sp³-hybridized carbons (Fsp3) is 0.873. The number of quaternary nitrogens is 1. The van der Waals surface area contributed by atoms with E-state index in [1.165, 1.54) is 199 Å². The highest BCUT2D eigenvalue weighted by atomic mass is 31.2. The van der Waals surface area contributed by atoms with Crippen LogP contribution in [0.3, 0.4) is 0 Å². The average Bonchev–Trinajstić information content (AvgIpc) is 3.25. The molecule has 9 heteroatoms. The molecule has 0 spiro atoms. The lowest BCUT2D eigenvalue weighted by Gasteiger charge is -2.29. The van der Waals surface area contributed by atoms with Crippen molar-refractivity contribution >= 4 is 13.7 Å². The van der Waals surface area contributed by atoms with Gasteiger partial charge in [-0.1, -0.05) is 230 Å². The largest absolute Gasteiger partial charge is 0.756 e. The lowest BCUT2D eigenvalue weighted by Crippen LogP contribution is -2.45. The number of carbonyl (C=O) groups excluding carboxylic acids is 1. The predicted molar refractivity (Wildman–Crippen MR) is 275 cm³/mol. The smallest absolute Gasteiger partial charge is 0.268 e. The number of hydrogen-bond donors (Lipinski definition) is 2. The van der Waals surface area contributed by atoms with Gasteiger partial charge >= 0.3 is 0 Å². The number of nitrogens with one attached hydrogen (secondary N) is 1. The number of hydrogen-bond acceptors (Lipinski definition) is 6. The summed E-state index contributed by atoms with van der Waals surface area (Å²) in [5.74, 6) is -0.209. The molecule has 0 bridgehead atoms. The molecule has 0 aliphatic rings. The van der Waals surface area contributed by atoms with Crippen LogP contribution in [0.2, 0.25) is 0 Å². The number of likely N-dealkylation sites (N-methyl/N-ethyl adjacent to an activating group) is 1. The SMILES string of the molecule is CCCCCCCCCCCCCC/C=C\CCCCCCCCCC(=O)NC(COP(=O)([O-])OCC[N+](C)(C)C)C(O)/C=C/CC/C=C/CCCCCCCCCCCCCCC. The molecule has 378 valence electrons. The van der Waals surface area contributed by atoms with Crippen molar-refractivity contribution in [1.29, 1.82) is 0 Å². The molecule has 0 heterocycles. The Morgan fingerprint density at radius 1 is 0.531 bits per heavy atom. The maximum absolute atomic E-state index is 12.9. The summed E-state index contributed by atoms with van der Waals surface area (Å²) < 4.78 is 23.3. The molecule has 0 saturated carbocycles. The summed E-state index contributed by atoms with van der Waals surface area (Å²) in [6.07, 6.45) is 59.3. The maximum Gasteiger partial charge on any atom is 0.268 e. The van der Waals surface area contributed by atoms with Gasteiger partial charge in [-0.05, 0) is 57.8 Å². The normalized spacial score (nSPS) is 14.3. The van der Waals surface area contributed by atoms with Crippen LogP contribution in [-0.4, -0.2) is 68.5 Å². The second-order valence-electron chi connectivity index (χ2n) is 19.9. The summed E-state index contributed by atoms with van der Waals surface area (Å²) in [5.41, 5.74) is 0. The summed E-state index contributed by atoms with van der Waals surface area (Å²) in [6, 6.07) is -0.905. The number of allylic oxidation sites excluding steroid dienone is 5. The fourth-order valence-corrected chi connectivity index (χ4v) is 8.71. The molecule has 0 aliphatic carbocycles. The Hall–Kier alpha value is -1.28. The van der Waals surface area contributed by atoms with Crippen LogP contribution in [0, 0.1) is 0 Å². The Kier molecular flexibility index (Phi) is 45.9. The van der Waals surface area contributed by atoms with Crippen molar-refractivity contribution in [2.75, 3.05) is 40.9 Å². The van der Waals surface area contributed by atoms with Crippen molar-refractivity contribution in [1.82, 2.24) is 5.32 Å². The van der Waals surface area contributed by atoms with E-state index in [4.69, 9.17) is 9.05 Å². The fourth-order valence-electron chi connectivity index (χ4n) is 7.99. The minimum atomic E-state index is -4.60. The summed E-state index contributed by atoms with van der Waals surface area (Å²) in [5, 5.41) is 13.8. The van der Waals surface area contributed by atoms with Crippen LogP contribution in [-0.2, 0) is 18.4 Å². The molecule has 0 aromatic rings. The van der Waals surface area contributed by atoms with Crippen molar-refractivity contribution in [3.8, 4) is 0 Å². The van der Waals surface area contributed by atoms with Gasteiger partial charge in [0.05, 0.1) is 39.9 Å². The van der Waals surface area contributed by atoms with Crippen molar-refractivity contribution in [3.05, 3.63) is 36.5 Å². The van der Waals surface area contributed by atoms with Gasteiger partial charge in [0.2, 0.25) is 5.91 Å².